The first-order valence-electron chi connectivity index (χ1n) is 5.57. The van der Waals surface area contributed by atoms with Gasteiger partial charge in [-0.05, 0) is 30.3 Å². The molecular formula is C14H12BrClFNO. The maximum absolute atomic E-state index is 13.9. The van der Waals surface area contributed by atoms with Gasteiger partial charge in [0.15, 0.2) is 0 Å². The molecule has 0 aliphatic carbocycles. The van der Waals surface area contributed by atoms with Crippen LogP contribution >= 0.6 is 27.5 Å². The topological polar surface area (TPSA) is 35.2 Å². The van der Waals surface area contributed by atoms with Gasteiger partial charge in [0.2, 0.25) is 0 Å². The van der Waals surface area contributed by atoms with Crippen molar-refractivity contribution in [1.82, 2.24) is 0 Å². The highest BCUT2D eigenvalue weighted by Gasteiger charge is 2.18. The van der Waals surface area contributed by atoms with Gasteiger partial charge in [0.1, 0.15) is 11.6 Å². The van der Waals surface area contributed by atoms with Gasteiger partial charge < -0.3 is 10.5 Å². The first-order valence-corrected chi connectivity index (χ1v) is 6.74. The summed E-state index contributed by atoms with van der Waals surface area (Å²) in [5, 5.41) is 0.544. The second-order valence-electron chi connectivity index (χ2n) is 4.03. The molecule has 0 amide bonds. The van der Waals surface area contributed by atoms with E-state index in [0.29, 0.717) is 21.9 Å². The molecule has 2 nitrogen and oxygen atoms in total. The molecule has 2 N–H and O–H groups in total. The summed E-state index contributed by atoms with van der Waals surface area (Å²) >= 11 is 9.21. The number of halogens is 3. The summed E-state index contributed by atoms with van der Waals surface area (Å²) < 4.78 is 19.9. The molecule has 0 saturated carbocycles. The van der Waals surface area contributed by atoms with E-state index in [-0.39, 0.29) is 5.82 Å². The molecule has 2 aromatic rings. The number of nitrogens with two attached hydrogens (primary N) is 1. The Balaban J connectivity index is 2.49. The molecule has 1 atom stereocenters. The Bertz CT molecular complexity index is 606. The van der Waals surface area contributed by atoms with Gasteiger partial charge in [-0.2, -0.15) is 0 Å². The summed E-state index contributed by atoms with van der Waals surface area (Å²) in [7, 11) is 1.53. The third-order valence-electron chi connectivity index (χ3n) is 2.82. The normalized spacial score (nSPS) is 12.3. The van der Waals surface area contributed by atoms with Crippen molar-refractivity contribution in [3.05, 3.63) is 62.8 Å². The van der Waals surface area contributed by atoms with E-state index >= 15 is 0 Å². The maximum Gasteiger partial charge on any atom is 0.128 e. The number of rotatable bonds is 3. The summed E-state index contributed by atoms with van der Waals surface area (Å²) in [4.78, 5) is 0. The molecule has 0 aliphatic heterocycles. The summed E-state index contributed by atoms with van der Waals surface area (Å²) in [6, 6.07) is 9.15. The van der Waals surface area contributed by atoms with Gasteiger partial charge in [0, 0.05) is 20.6 Å². The first kappa shape index (κ1) is 14.3. The maximum atomic E-state index is 13.9. The van der Waals surface area contributed by atoms with Gasteiger partial charge in [-0.1, -0.05) is 33.6 Å². The summed E-state index contributed by atoms with van der Waals surface area (Å²) in [5.41, 5.74) is 7.21. The Morgan fingerprint density at radius 2 is 1.95 bits per heavy atom. The molecule has 0 radical (unpaired) electrons. The molecule has 0 heterocycles. The van der Waals surface area contributed by atoms with Crippen molar-refractivity contribution in [3.8, 4) is 5.75 Å². The number of ether oxygens (including phenoxy) is 1. The van der Waals surface area contributed by atoms with E-state index in [1.807, 2.05) is 0 Å². The molecule has 0 fully saturated rings. The van der Waals surface area contributed by atoms with Crippen LogP contribution in [-0.4, -0.2) is 7.11 Å². The lowest BCUT2D eigenvalue weighted by Gasteiger charge is -2.17. The van der Waals surface area contributed by atoms with Crippen LogP contribution in [0.3, 0.4) is 0 Å². The van der Waals surface area contributed by atoms with Crippen LogP contribution in [0, 0.1) is 5.82 Å². The van der Waals surface area contributed by atoms with Gasteiger partial charge in [-0.3, -0.25) is 0 Å². The van der Waals surface area contributed by atoms with Gasteiger partial charge in [0.05, 0.1) is 13.2 Å². The van der Waals surface area contributed by atoms with Crippen LogP contribution in [0.5, 0.6) is 5.75 Å². The number of hydrogen-bond acceptors (Lipinski definition) is 2. The van der Waals surface area contributed by atoms with E-state index in [0.717, 1.165) is 4.47 Å². The number of methoxy groups -OCH3 is 1. The van der Waals surface area contributed by atoms with Gasteiger partial charge in [-0.25, -0.2) is 4.39 Å². The van der Waals surface area contributed by atoms with E-state index in [1.54, 1.807) is 30.3 Å². The lowest BCUT2D eigenvalue weighted by molar-refractivity contribution is 0.407. The Hall–Kier alpha value is -1.10. The fourth-order valence-corrected chi connectivity index (χ4v) is 2.40. The number of hydrogen-bond donors (Lipinski definition) is 1. The van der Waals surface area contributed by atoms with Crippen molar-refractivity contribution in [1.29, 1.82) is 0 Å². The summed E-state index contributed by atoms with van der Waals surface area (Å²) in [5.74, 6) is 0.187. The van der Waals surface area contributed by atoms with E-state index in [1.165, 1.54) is 13.2 Å². The smallest absolute Gasteiger partial charge is 0.128 e. The van der Waals surface area contributed by atoms with Crippen molar-refractivity contribution >= 4 is 27.5 Å². The fraction of sp³-hybridized carbons (Fsp3) is 0.143. The lowest BCUT2D eigenvalue weighted by atomic mass is 9.98. The third kappa shape index (κ3) is 3.08. The quantitative estimate of drug-likeness (QED) is 0.901. The minimum Gasteiger partial charge on any atom is -0.496 e. The highest BCUT2D eigenvalue weighted by Crippen LogP contribution is 2.32. The molecule has 2 rings (SSSR count). The average Bonchev–Trinajstić information content (AvgIpc) is 2.40. The Morgan fingerprint density at radius 1 is 1.21 bits per heavy atom. The minimum absolute atomic E-state index is 0.354. The van der Waals surface area contributed by atoms with E-state index in [9.17, 15) is 4.39 Å². The molecule has 0 bridgehead atoms. The molecule has 0 spiro atoms. The summed E-state index contributed by atoms with van der Waals surface area (Å²) in [6.07, 6.45) is 0. The lowest BCUT2D eigenvalue weighted by Crippen LogP contribution is -2.14. The van der Waals surface area contributed by atoms with Crippen LogP contribution in [0.2, 0.25) is 5.02 Å². The van der Waals surface area contributed by atoms with Crippen molar-refractivity contribution in [3.63, 3.8) is 0 Å². The van der Waals surface area contributed by atoms with Crippen LogP contribution in [0.4, 0.5) is 4.39 Å². The molecule has 0 aliphatic rings. The van der Waals surface area contributed by atoms with Crippen molar-refractivity contribution in [2.45, 2.75) is 6.04 Å². The standard InChI is InChI=1S/C14H12BrClFNO/c1-19-13-7-9(16)3-4-10(13)14(18)11-6-8(15)2-5-12(11)17/h2-7,14H,18H2,1H3. The van der Waals surface area contributed by atoms with Crippen molar-refractivity contribution in [2.24, 2.45) is 5.73 Å². The molecule has 1 unspecified atom stereocenters. The van der Waals surface area contributed by atoms with Crippen LogP contribution < -0.4 is 10.5 Å². The molecule has 0 aromatic heterocycles. The van der Waals surface area contributed by atoms with E-state index in [2.05, 4.69) is 15.9 Å². The SMILES string of the molecule is COc1cc(Cl)ccc1C(N)c1cc(Br)ccc1F. The van der Waals surface area contributed by atoms with Crippen LogP contribution in [0.1, 0.15) is 17.2 Å². The molecule has 19 heavy (non-hydrogen) atoms. The highest BCUT2D eigenvalue weighted by molar-refractivity contribution is 9.10. The highest BCUT2D eigenvalue weighted by atomic mass is 79.9. The van der Waals surface area contributed by atoms with Crippen LogP contribution in [0.25, 0.3) is 0 Å². The monoisotopic (exact) mass is 343 g/mol. The fourth-order valence-electron chi connectivity index (χ4n) is 1.86. The van der Waals surface area contributed by atoms with E-state index < -0.39 is 6.04 Å². The zero-order valence-corrected chi connectivity index (χ0v) is 12.5. The average molecular weight is 345 g/mol. The Morgan fingerprint density at radius 3 is 2.63 bits per heavy atom. The van der Waals surface area contributed by atoms with Crippen molar-refractivity contribution in [2.75, 3.05) is 7.11 Å². The number of benzene rings is 2. The van der Waals surface area contributed by atoms with Crippen LogP contribution in [0.15, 0.2) is 40.9 Å². The van der Waals surface area contributed by atoms with E-state index in [4.69, 9.17) is 22.1 Å². The Kier molecular flexibility index (Phi) is 4.45. The predicted octanol–water partition coefficient (Wildman–Crippen LogP) is 4.30. The first-order chi connectivity index (χ1) is 9.02. The molecule has 0 saturated heterocycles. The predicted molar refractivity (Wildman–Crippen MR) is 78.1 cm³/mol. The van der Waals surface area contributed by atoms with Gasteiger partial charge in [0.25, 0.3) is 0 Å². The minimum atomic E-state index is -0.621. The Labute approximate surface area is 124 Å². The van der Waals surface area contributed by atoms with Crippen molar-refractivity contribution < 1.29 is 9.13 Å². The molecule has 5 heteroatoms. The van der Waals surface area contributed by atoms with Gasteiger partial charge in [-0.15, -0.1) is 0 Å². The zero-order chi connectivity index (χ0) is 14.0. The zero-order valence-electron chi connectivity index (χ0n) is 10.2. The van der Waals surface area contributed by atoms with Gasteiger partial charge >= 0.3 is 0 Å². The second-order valence-corrected chi connectivity index (χ2v) is 5.38. The molecule has 100 valence electrons. The molecule has 2 aromatic carbocycles. The molecular weight excluding hydrogens is 333 g/mol. The van der Waals surface area contributed by atoms with Crippen LogP contribution in [-0.2, 0) is 0 Å². The third-order valence-corrected chi connectivity index (χ3v) is 3.55. The second kappa shape index (κ2) is 5.90. The summed E-state index contributed by atoms with van der Waals surface area (Å²) in [6.45, 7) is 0. The largest absolute Gasteiger partial charge is 0.496 e.